The molecule has 4 rings (SSSR count). The van der Waals surface area contributed by atoms with Gasteiger partial charge in [0.2, 0.25) is 11.8 Å². The van der Waals surface area contributed by atoms with Crippen molar-refractivity contribution in [2.24, 2.45) is 0 Å². The molecule has 1 aromatic carbocycles. The van der Waals surface area contributed by atoms with Crippen LogP contribution < -0.4 is 14.5 Å². The highest BCUT2D eigenvalue weighted by molar-refractivity contribution is 5.95. The quantitative estimate of drug-likeness (QED) is 0.669. The summed E-state index contributed by atoms with van der Waals surface area (Å²) < 4.78 is 46.6. The lowest BCUT2D eigenvalue weighted by Crippen LogP contribution is -2.49. The van der Waals surface area contributed by atoms with Crippen LogP contribution in [-0.2, 0) is 0 Å². The zero-order valence-electron chi connectivity index (χ0n) is 18.2. The maximum Gasteiger partial charge on any atom is 0.257 e. The number of aryl methyl sites for hydroxylation is 1. The Morgan fingerprint density at radius 3 is 2.25 bits per heavy atom. The molecular weight excluding hydrogens is 423 g/mol. The largest absolute Gasteiger partial charge is 0.491 e. The first kappa shape index (κ1) is 22.2. The van der Waals surface area contributed by atoms with E-state index in [1.165, 1.54) is 11.3 Å². The van der Waals surface area contributed by atoms with Crippen LogP contribution in [0.15, 0.2) is 12.1 Å². The second kappa shape index (κ2) is 9.22. The number of hydrogen-bond donors (Lipinski definition) is 0. The van der Waals surface area contributed by atoms with Crippen LogP contribution in [0.4, 0.5) is 24.9 Å². The Morgan fingerprint density at radius 1 is 0.906 bits per heavy atom. The molecule has 7 nitrogen and oxygen atoms in total. The highest BCUT2D eigenvalue weighted by atomic mass is 19.2. The van der Waals surface area contributed by atoms with E-state index in [2.05, 4.69) is 14.6 Å². The first-order chi connectivity index (χ1) is 15.4. The summed E-state index contributed by atoms with van der Waals surface area (Å²) in [5, 5.41) is 0. The van der Waals surface area contributed by atoms with E-state index in [1.807, 2.05) is 17.9 Å². The fourth-order valence-corrected chi connectivity index (χ4v) is 4.16. The molecule has 3 heterocycles. The van der Waals surface area contributed by atoms with E-state index >= 15 is 0 Å². The first-order valence-electron chi connectivity index (χ1n) is 10.8. The summed E-state index contributed by atoms with van der Waals surface area (Å²) in [5.74, 6) is -4.09. The van der Waals surface area contributed by atoms with Gasteiger partial charge in [0.05, 0.1) is 12.7 Å². The van der Waals surface area contributed by atoms with Gasteiger partial charge in [-0.25, -0.2) is 13.8 Å². The lowest BCUT2D eigenvalue weighted by Gasteiger charge is -2.35. The molecular formula is C22H26F3N5O2. The van der Waals surface area contributed by atoms with E-state index < -0.39 is 34.7 Å². The van der Waals surface area contributed by atoms with Gasteiger partial charge in [0.15, 0.2) is 17.4 Å². The molecule has 172 valence electrons. The summed E-state index contributed by atoms with van der Waals surface area (Å²) >= 11 is 0. The molecule has 1 aromatic heterocycles. The Bertz CT molecular complexity index is 1010. The standard InChI is InChI=1S/C22H26F3N5O2/c1-14-12-17(28-6-4-3-5-7-28)27-22(26-14)30-10-8-29(9-11-30)21(31)15-13-16(23)19(25)20(32-2)18(15)24/h12-13H,3-11H2,1-2H3. The third-order valence-corrected chi connectivity index (χ3v) is 5.91. The number of amides is 1. The van der Waals surface area contributed by atoms with E-state index in [0.29, 0.717) is 25.1 Å². The van der Waals surface area contributed by atoms with Crippen molar-refractivity contribution >= 4 is 17.7 Å². The molecule has 0 aliphatic carbocycles. The van der Waals surface area contributed by atoms with Gasteiger partial charge in [-0.3, -0.25) is 4.79 Å². The van der Waals surface area contributed by atoms with Gasteiger partial charge in [0.1, 0.15) is 5.82 Å². The van der Waals surface area contributed by atoms with E-state index in [4.69, 9.17) is 4.98 Å². The molecule has 0 unspecified atom stereocenters. The monoisotopic (exact) mass is 449 g/mol. The fraction of sp³-hybridized carbons (Fsp3) is 0.500. The van der Waals surface area contributed by atoms with E-state index in [-0.39, 0.29) is 13.1 Å². The van der Waals surface area contributed by atoms with Crippen molar-refractivity contribution in [2.45, 2.75) is 26.2 Å². The van der Waals surface area contributed by atoms with Gasteiger partial charge in [-0.15, -0.1) is 0 Å². The van der Waals surface area contributed by atoms with Crippen molar-refractivity contribution < 1.29 is 22.7 Å². The van der Waals surface area contributed by atoms with Crippen LogP contribution in [-0.4, -0.2) is 67.2 Å². The summed E-state index contributed by atoms with van der Waals surface area (Å²) in [6.07, 6.45) is 3.52. The van der Waals surface area contributed by atoms with E-state index in [1.54, 1.807) is 0 Å². The topological polar surface area (TPSA) is 61.8 Å². The minimum atomic E-state index is -1.45. The number of piperidine rings is 1. The second-order valence-electron chi connectivity index (χ2n) is 8.06. The summed E-state index contributed by atoms with van der Waals surface area (Å²) in [7, 11) is 1.02. The summed E-state index contributed by atoms with van der Waals surface area (Å²) in [4.78, 5) is 27.7. The van der Waals surface area contributed by atoms with Crippen LogP contribution in [0, 0.1) is 24.4 Å². The molecule has 10 heteroatoms. The number of rotatable bonds is 4. The van der Waals surface area contributed by atoms with E-state index in [9.17, 15) is 18.0 Å². The Kier molecular flexibility index (Phi) is 6.38. The van der Waals surface area contributed by atoms with Gasteiger partial charge in [-0.1, -0.05) is 0 Å². The molecule has 2 aliphatic rings. The smallest absolute Gasteiger partial charge is 0.257 e. The number of anilines is 2. The minimum absolute atomic E-state index is 0.274. The number of carbonyl (C=O) groups excluding carboxylic acids is 1. The van der Waals surface area contributed by atoms with Crippen LogP contribution in [0.5, 0.6) is 5.75 Å². The Balaban J connectivity index is 1.47. The van der Waals surface area contributed by atoms with Gasteiger partial charge >= 0.3 is 0 Å². The van der Waals surface area contributed by atoms with Gasteiger partial charge in [0.25, 0.3) is 5.91 Å². The molecule has 0 saturated carbocycles. The fourth-order valence-electron chi connectivity index (χ4n) is 4.16. The third kappa shape index (κ3) is 4.31. The molecule has 0 radical (unpaired) electrons. The molecule has 2 saturated heterocycles. The number of benzene rings is 1. The number of hydrogen-bond acceptors (Lipinski definition) is 6. The minimum Gasteiger partial charge on any atom is -0.491 e. The van der Waals surface area contributed by atoms with Crippen molar-refractivity contribution in [3.8, 4) is 5.75 Å². The highest BCUT2D eigenvalue weighted by Crippen LogP contribution is 2.28. The molecule has 1 amide bonds. The van der Waals surface area contributed by atoms with Crippen molar-refractivity contribution in [3.63, 3.8) is 0 Å². The molecule has 0 N–H and O–H groups in total. The molecule has 32 heavy (non-hydrogen) atoms. The molecule has 0 atom stereocenters. The summed E-state index contributed by atoms with van der Waals surface area (Å²) in [6.45, 7) is 5.31. The Morgan fingerprint density at radius 2 is 1.59 bits per heavy atom. The number of nitrogens with zero attached hydrogens (tertiary/aromatic N) is 5. The zero-order chi connectivity index (χ0) is 22.8. The van der Waals surface area contributed by atoms with Gasteiger partial charge < -0.3 is 19.4 Å². The number of aromatic nitrogens is 2. The number of methoxy groups -OCH3 is 1. The normalized spacial score (nSPS) is 17.0. The number of halogens is 3. The van der Waals surface area contributed by atoms with Crippen molar-refractivity contribution in [1.29, 1.82) is 0 Å². The molecule has 0 bridgehead atoms. The van der Waals surface area contributed by atoms with E-state index in [0.717, 1.165) is 44.6 Å². The molecule has 2 fully saturated rings. The lowest BCUT2D eigenvalue weighted by atomic mass is 10.1. The Hall–Kier alpha value is -3.04. The summed E-state index contributed by atoms with van der Waals surface area (Å²) in [5.41, 5.74) is 0.318. The summed E-state index contributed by atoms with van der Waals surface area (Å²) in [6, 6.07) is 2.56. The van der Waals surface area contributed by atoms with Gasteiger partial charge in [0, 0.05) is 51.0 Å². The molecule has 0 spiro atoms. The SMILES string of the molecule is COc1c(F)c(F)cc(C(=O)N2CCN(c3nc(C)cc(N4CCCCC4)n3)CC2)c1F. The Labute approximate surface area is 184 Å². The zero-order valence-corrected chi connectivity index (χ0v) is 18.2. The van der Waals surface area contributed by atoms with Crippen molar-refractivity contribution in [2.75, 3.05) is 56.2 Å². The lowest BCUT2D eigenvalue weighted by molar-refractivity contribution is 0.0739. The first-order valence-corrected chi connectivity index (χ1v) is 10.8. The van der Waals surface area contributed by atoms with Crippen molar-refractivity contribution in [3.05, 3.63) is 40.8 Å². The highest BCUT2D eigenvalue weighted by Gasteiger charge is 2.29. The third-order valence-electron chi connectivity index (χ3n) is 5.91. The van der Waals surface area contributed by atoms with Crippen LogP contribution >= 0.6 is 0 Å². The maximum atomic E-state index is 14.5. The number of ether oxygens (including phenoxy) is 1. The van der Waals surface area contributed by atoms with Crippen molar-refractivity contribution in [1.82, 2.24) is 14.9 Å². The average Bonchev–Trinajstić information content (AvgIpc) is 2.81. The predicted octanol–water partition coefficient (Wildman–Crippen LogP) is 3.16. The average molecular weight is 449 g/mol. The molecule has 2 aromatic rings. The molecule has 2 aliphatic heterocycles. The van der Waals surface area contributed by atoms with Gasteiger partial charge in [-0.05, 0) is 32.3 Å². The number of carbonyl (C=O) groups is 1. The van der Waals surface area contributed by atoms with Crippen LogP contribution in [0.2, 0.25) is 0 Å². The van der Waals surface area contributed by atoms with Crippen LogP contribution in [0.3, 0.4) is 0 Å². The predicted molar refractivity (Wildman–Crippen MR) is 114 cm³/mol. The van der Waals surface area contributed by atoms with Crippen LogP contribution in [0.25, 0.3) is 0 Å². The van der Waals surface area contributed by atoms with Gasteiger partial charge in [-0.2, -0.15) is 9.37 Å². The second-order valence-corrected chi connectivity index (χ2v) is 8.06. The number of piperazine rings is 1. The van der Waals surface area contributed by atoms with Crippen LogP contribution in [0.1, 0.15) is 35.3 Å². The maximum absolute atomic E-state index is 14.5.